The fraction of sp³-hybridized carbons (Fsp3) is 0.600. The predicted octanol–water partition coefficient (Wildman–Crippen LogP) is 3.92. The first-order valence-corrected chi connectivity index (χ1v) is 6.57. The molecule has 1 aromatic rings. The molecule has 2 unspecified atom stereocenters. The molecule has 0 heterocycles. The van der Waals surface area contributed by atoms with E-state index in [1.807, 2.05) is 27.0 Å². The average Bonchev–Trinajstić information content (AvgIpc) is 2.29. The summed E-state index contributed by atoms with van der Waals surface area (Å²) in [7, 11) is 1.86. The summed E-state index contributed by atoms with van der Waals surface area (Å²) < 4.78 is 19.5. The zero-order chi connectivity index (χ0) is 13.7. The monoisotopic (exact) mass is 253 g/mol. The zero-order valence-corrected chi connectivity index (χ0v) is 12.0. The summed E-state index contributed by atoms with van der Waals surface area (Å²) >= 11 is 0. The van der Waals surface area contributed by atoms with Crippen molar-refractivity contribution in [3.8, 4) is 5.75 Å². The van der Waals surface area contributed by atoms with Crippen LogP contribution in [0, 0.1) is 11.7 Å². The summed E-state index contributed by atoms with van der Waals surface area (Å²) in [5, 5.41) is 3.09. The average molecular weight is 253 g/mol. The van der Waals surface area contributed by atoms with Gasteiger partial charge in [0.25, 0.3) is 0 Å². The number of nitrogens with one attached hydrogen (secondary N) is 1. The Bertz CT molecular complexity index is 379. The van der Waals surface area contributed by atoms with Gasteiger partial charge in [-0.15, -0.1) is 0 Å². The summed E-state index contributed by atoms with van der Waals surface area (Å²) in [5.74, 6) is 0.604. The van der Waals surface area contributed by atoms with Crippen LogP contribution in [0.1, 0.15) is 45.7 Å². The molecule has 3 heteroatoms. The van der Waals surface area contributed by atoms with Crippen molar-refractivity contribution in [1.29, 1.82) is 0 Å². The predicted molar refractivity (Wildman–Crippen MR) is 73.4 cm³/mol. The minimum atomic E-state index is -0.287. The second-order valence-corrected chi connectivity index (χ2v) is 5.26. The highest BCUT2D eigenvalue weighted by Gasteiger charge is 2.12. The van der Waals surface area contributed by atoms with Crippen LogP contribution in [0.2, 0.25) is 0 Å². The van der Waals surface area contributed by atoms with E-state index in [-0.39, 0.29) is 18.0 Å². The van der Waals surface area contributed by atoms with E-state index in [1.165, 1.54) is 0 Å². The smallest absolute Gasteiger partial charge is 0.165 e. The molecule has 0 spiro atoms. The third kappa shape index (κ3) is 4.30. The standard InChI is InChI=1S/C15H24FNO/c1-10(2)8-11(3)18-15-7-6-13(9-14(15)16)12(4)17-5/h6-7,9-12,17H,8H2,1-5H3. The topological polar surface area (TPSA) is 21.3 Å². The largest absolute Gasteiger partial charge is 0.488 e. The van der Waals surface area contributed by atoms with Gasteiger partial charge in [0.15, 0.2) is 11.6 Å². The first-order chi connectivity index (χ1) is 8.43. The van der Waals surface area contributed by atoms with E-state index in [9.17, 15) is 4.39 Å². The van der Waals surface area contributed by atoms with Gasteiger partial charge >= 0.3 is 0 Å². The normalized spacial score (nSPS) is 14.6. The minimum absolute atomic E-state index is 0.0343. The number of rotatable bonds is 6. The Hall–Kier alpha value is -1.09. The maximum absolute atomic E-state index is 13.9. The lowest BCUT2D eigenvalue weighted by Crippen LogP contribution is -2.16. The van der Waals surface area contributed by atoms with Gasteiger partial charge in [0.1, 0.15) is 0 Å². The molecule has 2 atom stereocenters. The Morgan fingerprint density at radius 2 is 1.89 bits per heavy atom. The lowest BCUT2D eigenvalue weighted by Gasteiger charge is -2.18. The quantitative estimate of drug-likeness (QED) is 0.829. The summed E-state index contributed by atoms with van der Waals surface area (Å²) in [4.78, 5) is 0. The van der Waals surface area contributed by atoms with Crippen molar-refractivity contribution in [2.24, 2.45) is 5.92 Å². The van der Waals surface area contributed by atoms with Crippen molar-refractivity contribution in [2.75, 3.05) is 7.05 Å². The van der Waals surface area contributed by atoms with Gasteiger partial charge in [-0.2, -0.15) is 0 Å². The van der Waals surface area contributed by atoms with Crippen LogP contribution in [0.3, 0.4) is 0 Å². The van der Waals surface area contributed by atoms with Crippen LogP contribution in [0.25, 0.3) is 0 Å². The van der Waals surface area contributed by atoms with Crippen LogP contribution >= 0.6 is 0 Å². The molecule has 1 rings (SSSR count). The van der Waals surface area contributed by atoms with Crippen molar-refractivity contribution >= 4 is 0 Å². The molecule has 18 heavy (non-hydrogen) atoms. The Balaban J connectivity index is 2.73. The Kier molecular flexibility index (Phi) is 5.60. The van der Waals surface area contributed by atoms with Crippen molar-refractivity contribution < 1.29 is 9.13 Å². The van der Waals surface area contributed by atoms with Gasteiger partial charge in [0.05, 0.1) is 6.10 Å². The third-order valence-electron chi connectivity index (χ3n) is 3.02. The van der Waals surface area contributed by atoms with Crippen LogP contribution in [0.15, 0.2) is 18.2 Å². The Labute approximate surface area is 110 Å². The fourth-order valence-corrected chi connectivity index (χ4v) is 1.98. The first kappa shape index (κ1) is 15.0. The highest BCUT2D eigenvalue weighted by Crippen LogP contribution is 2.23. The maximum Gasteiger partial charge on any atom is 0.165 e. The molecule has 1 aromatic carbocycles. The van der Waals surface area contributed by atoms with Crippen LogP contribution in [-0.4, -0.2) is 13.2 Å². The molecule has 0 fully saturated rings. The summed E-state index contributed by atoms with van der Waals surface area (Å²) in [6.07, 6.45) is 0.959. The van der Waals surface area contributed by atoms with E-state index in [4.69, 9.17) is 4.74 Å². The van der Waals surface area contributed by atoms with Crippen LogP contribution in [0.4, 0.5) is 4.39 Å². The first-order valence-electron chi connectivity index (χ1n) is 6.57. The number of hydrogen-bond donors (Lipinski definition) is 1. The Morgan fingerprint density at radius 1 is 1.22 bits per heavy atom. The molecule has 1 N–H and O–H groups in total. The van der Waals surface area contributed by atoms with E-state index in [0.717, 1.165) is 12.0 Å². The number of ether oxygens (including phenoxy) is 1. The van der Waals surface area contributed by atoms with Crippen molar-refractivity contribution in [3.05, 3.63) is 29.6 Å². The number of halogens is 1. The Morgan fingerprint density at radius 3 is 2.39 bits per heavy atom. The molecule has 0 amide bonds. The van der Waals surface area contributed by atoms with Crippen LogP contribution < -0.4 is 10.1 Å². The van der Waals surface area contributed by atoms with Gasteiger partial charge in [0, 0.05) is 6.04 Å². The minimum Gasteiger partial charge on any atom is -0.488 e. The molecule has 0 aliphatic heterocycles. The van der Waals surface area contributed by atoms with Gasteiger partial charge in [0.2, 0.25) is 0 Å². The molecular formula is C15H24FNO. The second kappa shape index (κ2) is 6.74. The van der Waals surface area contributed by atoms with Crippen LogP contribution in [-0.2, 0) is 0 Å². The lowest BCUT2D eigenvalue weighted by atomic mass is 10.1. The van der Waals surface area contributed by atoms with E-state index in [2.05, 4.69) is 19.2 Å². The highest BCUT2D eigenvalue weighted by atomic mass is 19.1. The molecule has 0 aromatic heterocycles. The van der Waals surface area contributed by atoms with Gasteiger partial charge in [-0.3, -0.25) is 0 Å². The van der Waals surface area contributed by atoms with E-state index < -0.39 is 0 Å². The molecule has 0 bridgehead atoms. The molecule has 2 nitrogen and oxygen atoms in total. The number of benzene rings is 1. The highest BCUT2D eigenvalue weighted by molar-refractivity contribution is 5.31. The SMILES string of the molecule is CNC(C)c1ccc(OC(C)CC(C)C)c(F)c1. The molecule has 0 saturated carbocycles. The van der Waals surface area contributed by atoms with Crippen molar-refractivity contribution in [2.45, 2.75) is 46.3 Å². The molecule has 102 valence electrons. The summed E-state index contributed by atoms with van der Waals surface area (Å²) in [6.45, 7) is 8.24. The molecule has 0 saturated heterocycles. The summed E-state index contributed by atoms with van der Waals surface area (Å²) in [5.41, 5.74) is 0.930. The van der Waals surface area contributed by atoms with Gasteiger partial charge < -0.3 is 10.1 Å². The van der Waals surface area contributed by atoms with E-state index >= 15 is 0 Å². The van der Waals surface area contributed by atoms with Gasteiger partial charge in [-0.05, 0) is 50.9 Å². The zero-order valence-electron chi connectivity index (χ0n) is 12.0. The van der Waals surface area contributed by atoms with Crippen molar-refractivity contribution in [1.82, 2.24) is 5.32 Å². The molecule has 0 radical (unpaired) electrons. The van der Waals surface area contributed by atoms with Crippen molar-refractivity contribution in [3.63, 3.8) is 0 Å². The molecular weight excluding hydrogens is 229 g/mol. The fourth-order valence-electron chi connectivity index (χ4n) is 1.98. The van der Waals surface area contributed by atoms with E-state index in [0.29, 0.717) is 11.7 Å². The maximum atomic E-state index is 13.9. The molecule has 0 aliphatic carbocycles. The van der Waals surface area contributed by atoms with Gasteiger partial charge in [-0.1, -0.05) is 19.9 Å². The third-order valence-corrected chi connectivity index (χ3v) is 3.02. The molecule has 0 aliphatic rings. The summed E-state index contributed by atoms with van der Waals surface area (Å²) in [6, 6.07) is 5.30. The van der Waals surface area contributed by atoms with Crippen LogP contribution in [0.5, 0.6) is 5.75 Å². The lowest BCUT2D eigenvalue weighted by molar-refractivity contribution is 0.185. The second-order valence-electron chi connectivity index (χ2n) is 5.26. The van der Waals surface area contributed by atoms with E-state index in [1.54, 1.807) is 12.1 Å². The number of hydrogen-bond acceptors (Lipinski definition) is 2. The van der Waals surface area contributed by atoms with Gasteiger partial charge in [-0.25, -0.2) is 4.39 Å².